The smallest absolute Gasteiger partial charge is 0.227 e. The lowest BCUT2D eigenvalue weighted by Crippen LogP contribution is -2.51. The zero-order chi connectivity index (χ0) is 11.4. The van der Waals surface area contributed by atoms with Crippen molar-refractivity contribution in [3.63, 3.8) is 0 Å². The minimum Gasteiger partial charge on any atom is -0.340 e. The van der Waals surface area contributed by atoms with Gasteiger partial charge in [-0.1, -0.05) is 30.3 Å². The molecule has 86 valence electrons. The molecule has 1 fully saturated rings. The molecule has 1 aromatic carbocycles. The van der Waals surface area contributed by atoms with E-state index >= 15 is 0 Å². The molecule has 1 saturated heterocycles. The largest absolute Gasteiger partial charge is 0.340 e. The van der Waals surface area contributed by atoms with Crippen molar-refractivity contribution in [3.05, 3.63) is 35.9 Å². The molecule has 2 rings (SSSR count). The molecule has 1 aromatic rings. The van der Waals surface area contributed by atoms with Gasteiger partial charge in [-0.05, 0) is 12.5 Å². The van der Waals surface area contributed by atoms with E-state index in [9.17, 15) is 4.79 Å². The summed E-state index contributed by atoms with van der Waals surface area (Å²) in [4.78, 5) is 14.0. The first-order valence-corrected chi connectivity index (χ1v) is 5.81. The highest BCUT2D eigenvalue weighted by Gasteiger charge is 2.20. The topological polar surface area (TPSA) is 32.3 Å². The highest BCUT2D eigenvalue weighted by atomic mass is 16.2. The third-order valence-corrected chi connectivity index (χ3v) is 2.92. The second-order valence-electron chi connectivity index (χ2n) is 4.36. The molecule has 1 atom stereocenters. The summed E-state index contributed by atoms with van der Waals surface area (Å²) in [6.07, 6.45) is 0.521. The normalized spacial score (nSPS) is 20.8. The van der Waals surface area contributed by atoms with Gasteiger partial charge in [0.1, 0.15) is 0 Å². The fourth-order valence-electron chi connectivity index (χ4n) is 2.04. The molecule has 0 bridgehead atoms. The molecule has 1 amide bonds. The van der Waals surface area contributed by atoms with Crippen LogP contribution in [0.15, 0.2) is 30.3 Å². The van der Waals surface area contributed by atoms with E-state index in [1.54, 1.807) is 0 Å². The number of carbonyl (C=O) groups excluding carboxylic acids is 1. The molecule has 1 N–H and O–H groups in total. The van der Waals surface area contributed by atoms with Crippen LogP contribution in [0.5, 0.6) is 0 Å². The van der Waals surface area contributed by atoms with E-state index in [1.807, 2.05) is 35.2 Å². The van der Waals surface area contributed by atoms with Gasteiger partial charge in [-0.25, -0.2) is 0 Å². The van der Waals surface area contributed by atoms with E-state index < -0.39 is 0 Å². The van der Waals surface area contributed by atoms with Gasteiger partial charge in [0.2, 0.25) is 5.91 Å². The summed E-state index contributed by atoms with van der Waals surface area (Å²) in [7, 11) is 0. The quantitative estimate of drug-likeness (QED) is 0.804. The van der Waals surface area contributed by atoms with Crippen LogP contribution in [0.4, 0.5) is 0 Å². The van der Waals surface area contributed by atoms with Crippen LogP contribution in [-0.2, 0) is 11.2 Å². The molecule has 1 heterocycles. The van der Waals surface area contributed by atoms with Gasteiger partial charge in [0.15, 0.2) is 0 Å². The molecule has 3 heteroatoms. The summed E-state index contributed by atoms with van der Waals surface area (Å²) in [6.45, 7) is 4.67. The maximum Gasteiger partial charge on any atom is 0.227 e. The minimum absolute atomic E-state index is 0.236. The number of hydrogen-bond acceptors (Lipinski definition) is 2. The van der Waals surface area contributed by atoms with Crippen LogP contribution in [0.3, 0.4) is 0 Å². The summed E-state index contributed by atoms with van der Waals surface area (Å²) in [5, 5.41) is 3.34. The number of benzene rings is 1. The van der Waals surface area contributed by atoms with E-state index in [-0.39, 0.29) is 5.91 Å². The molecule has 0 radical (unpaired) electrons. The maximum absolute atomic E-state index is 12.0. The Morgan fingerprint density at radius 2 is 2.19 bits per heavy atom. The lowest BCUT2D eigenvalue weighted by molar-refractivity contribution is -0.131. The molecule has 1 unspecified atom stereocenters. The molecule has 0 saturated carbocycles. The van der Waals surface area contributed by atoms with E-state index in [0.717, 1.165) is 25.2 Å². The van der Waals surface area contributed by atoms with Gasteiger partial charge in [-0.3, -0.25) is 4.79 Å². The minimum atomic E-state index is 0.236. The summed E-state index contributed by atoms with van der Waals surface area (Å²) < 4.78 is 0. The van der Waals surface area contributed by atoms with Crippen LogP contribution >= 0.6 is 0 Å². The van der Waals surface area contributed by atoms with Gasteiger partial charge >= 0.3 is 0 Å². The van der Waals surface area contributed by atoms with E-state index in [4.69, 9.17) is 0 Å². The Kier molecular flexibility index (Phi) is 3.57. The van der Waals surface area contributed by atoms with Gasteiger partial charge in [0.05, 0.1) is 6.42 Å². The second-order valence-corrected chi connectivity index (χ2v) is 4.36. The van der Waals surface area contributed by atoms with Crippen molar-refractivity contribution < 1.29 is 4.79 Å². The van der Waals surface area contributed by atoms with E-state index in [0.29, 0.717) is 12.5 Å². The van der Waals surface area contributed by atoms with Crippen LogP contribution in [-0.4, -0.2) is 36.5 Å². The summed E-state index contributed by atoms with van der Waals surface area (Å²) in [5.41, 5.74) is 1.10. The van der Waals surface area contributed by atoms with Gasteiger partial charge in [-0.15, -0.1) is 0 Å². The number of carbonyl (C=O) groups is 1. The average molecular weight is 218 g/mol. The lowest BCUT2D eigenvalue weighted by atomic mass is 10.1. The monoisotopic (exact) mass is 218 g/mol. The fraction of sp³-hybridized carbons (Fsp3) is 0.462. The molecule has 1 aliphatic rings. The average Bonchev–Trinajstić information content (AvgIpc) is 2.30. The molecule has 0 aromatic heterocycles. The van der Waals surface area contributed by atoms with Gasteiger partial charge < -0.3 is 10.2 Å². The van der Waals surface area contributed by atoms with Crippen molar-refractivity contribution in [3.8, 4) is 0 Å². The highest BCUT2D eigenvalue weighted by molar-refractivity contribution is 5.78. The van der Waals surface area contributed by atoms with Crippen molar-refractivity contribution in [1.29, 1.82) is 0 Å². The molecule has 0 aliphatic carbocycles. The second kappa shape index (κ2) is 5.12. The third kappa shape index (κ3) is 2.83. The van der Waals surface area contributed by atoms with Gasteiger partial charge in [-0.2, -0.15) is 0 Å². The van der Waals surface area contributed by atoms with Crippen LogP contribution < -0.4 is 5.32 Å². The number of nitrogens with zero attached hydrogens (tertiary/aromatic N) is 1. The number of nitrogens with one attached hydrogen (secondary N) is 1. The van der Waals surface area contributed by atoms with Crippen LogP contribution in [0.2, 0.25) is 0 Å². The molecule has 1 aliphatic heterocycles. The molecule has 3 nitrogen and oxygen atoms in total. The molecule has 0 spiro atoms. The maximum atomic E-state index is 12.0. The summed E-state index contributed by atoms with van der Waals surface area (Å²) in [5.74, 6) is 0.236. The van der Waals surface area contributed by atoms with Crippen LogP contribution in [0.25, 0.3) is 0 Å². The Bertz CT molecular complexity index is 350. The zero-order valence-corrected chi connectivity index (χ0v) is 9.65. The Hall–Kier alpha value is -1.35. The first-order chi connectivity index (χ1) is 7.75. The summed E-state index contributed by atoms with van der Waals surface area (Å²) >= 11 is 0. The highest BCUT2D eigenvalue weighted by Crippen LogP contribution is 2.05. The molecular formula is C13H18N2O. The predicted octanol–water partition coefficient (Wildman–Crippen LogP) is 1.05. The van der Waals surface area contributed by atoms with Crippen molar-refractivity contribution >= 4 is 5.91 Å². The third-order valence-electron chi connectivity index (χ3n) is 2.92. The van der Waals surface area contributed by atoms with Crippen LogP contribution in [0.1, 0.15) is 12.5 Å². The molecular weight excluding hydrogens is 200 g/mol. The van der Waals surface area contributed by atoms with Crippen molar-refractivity contribution in [2.45, 2.75) is 19.4 Å². The van der Waals surface area contributed by atoms with Crippen molar-refractivity contribution in [2.24, 2.45) is 0 Å². The number of hydrogen-bond donors (Lipinski definition) is 1. The number of piperazine rings is 1. The number of amides is 1. The lowest BCUT2D eigenvalue weighted by Gasteiger charge is -2.32. The fourth-order valence-corrected chi connectivity index (χ4v) is 2.04. The Morgan fingerprint density at radius 1 is 1.44 bits per heavy atom. The first-order valence-electron chi connectivity index (χ1n) is 5.81. The Labute approximate surface area is 96.5 Å². The Morgan fingerprint density at radius 3 is 2.88 bits per heavy atom. The Balaban J connectivity index is 1.93. The van der Waals surface area contributed by atoms with Crippen molar-refractivity contribution in [1.82, 2.24) is 10.2 Å². The van der Waals surface area contributed by atoms with Crippen molar-refractivity contribution in [2.75, 3.05) is 19.6 Å². The standard InChI is InChI=1S/C13H18N2O/c1-11-10-15(8-7-14-11)13(16)9-12-5-3-2-4-6-12/h2-6,11,14H,7-10H2,1H3. The molecule has 16 heavy (non-hydrogen) atoms. The predicted molar refractivity (Wildman–Crippen MR) is 64.2 cm³/mol. The summed E-state index contributed by atoms with van der Waals surface area (Å²) in [6, 6.07) is 10.3. The van der Waals surface area contributed by atoms with E-state index in [2.05, 4.69) is 12.2 Å². The SMILES string of the molecule is CC1CN(C(=O)Cc2ccccc2)CCN1. The first kappa shape index (κ1) is 11.1. The van der Waals surface area contributed by atoms with E-state index in [1.165, 1.54) is 0 Å². The van der Waals surface area contributed by atoms with Gasteiger partial charge in [0, 0.05) is 25.7 Å². The van der Waals surface area contributed by atoms with Gasteiger partial charge in [0.25, 0.3) is 0 Å². The number of rotatable bonds is 2. The zero-order valence-electron chi connectivity index (χ0n) is 9.65. The van der Waals surface area contributed by atoms with Crippen LogP contribution in [0, 0.1) is 0 Å².